The van der Waals surface area contributed by atoms with Crippen molar-refractivity contribution in [3.63, 3.8) is 0 Å². The maximum Gasteiger partial charge on any atom is 0.316 e. The standard InChI is InChI=1S/C17H15ClFN3O2/c1-11-15(3-2-6-20-11)22-8-7-21(16(23)17(22)24)10-12-4-5-13(19)9-14(12)18/h2-6,9H,7-8,10H2,1H3. The number of aryl methyl sites for hydroxylation is 1. The summed E-state index contributed by atoms with van der Waals surface area (Å²) in [7, 11) is 0. The molecule has 0 N–H and O–H groups in total. The van der Waals surface area contributed by atoms with Gasteiger partial charge in [0.1, 0.15) is 5.82 Å². The summed E-state index contributed by atoms with van der Waals surface area (Å²) < 4.78 is 13.1. The Balaban J connectivity index is 1.78. The van der Waals surface area contributed by atoms with Gasteiger partial charge in [0, 0.05) is 30.9 Å². The molecular formula is C17H15ClFN3O2. The Morgan fingerprint density at radius 2 is 2.00 bits per heavy atom. The zero-order chi connectivity index (χ0) is 17.3. The monoisotopic (exact) mass is 347 g/mol. The number of hydrogen-bond donors (Lipinski definition) is 0. The van der Waals surface area contributed by atoms with Gasteiger partial charge >= 0.3 is 11.8 Å². The largest absolute Gasteiger partial charge is 0.328 e. The van der Waals surface area contributed by atoms with E-state index in [1.165, 1.54) is 28.0 Å². The third-order valence-corrected chi connectivity index (χ3v) is 4.31. The lowest BCUT2D eigenvalue weighted by Crippen LogP contribution is -2.54. The molecule has 124 valence electrons. The van der Waals surface area contributed by atoms with Gasteiger partial charge in [0.2, 0.25) is 0 Å². The molecule has 7 heteroatoms. The molecule has 0 atom stereocenters. The first kappa shape index (κ1) is 16.4. The van der Waals surface area contributed by atoms with E-state index in [1.54, 1.807) is 25.3 Å². The molecule has 3 rings (SSSR count). The van der Waals surface area contributed by atoms with E-state index in [4.69, 9.17) is 11.6 Å². The number of piperazine rings is 1. The first-order valence-electron chi connectivity index (χ1n) is 7.43. The molecule has 5 nitrogen and oxygen atoms in total. The Morgan fingerprint density at radius 3 is 2.71 bits per heavy atom. The van der Waals surface area contributed by atoms with Gasteiger partial charge in [-0.05, 0) is 36.8 Å². The average molecular weight is 348 g/mol. The summed E-state index contributed by atoms with van der Waals surface area (Å²) >= 11 is 6.00. The predicted octanol–water partition coefficient (Wildman–Crippen LogP) is 2.56. The summed E-state index contributed by atoms with van der Waals surface area (Å²) in [6.07, 6.45) is 1.64. The van der Waals surface area contributed by atoms with Crippen molar-refractivity contribution in [2.24, 2.45) is 0 Å². The molecule has 1 fully saturated rings. The maximum atomic E-state index is 13.1. The first-order chi connectivity index (χ1) is 11.5. The third kappa shape index (κ3) is 3.10. The van der Waals surface area contributed by atoms with Gasteiger partial charge in [-0.1, -0.05) is 17.7 Å². The number of carbonyl (C=O) groups excluding carboxylic acids is 2. The number of benzene rings is 1. The van der Waals surface area contributed by atoms with Crippen molar-refractivity contribution in [1.29, 1.82) is 0 Å². The quantitative estimate of drug-likeness (QED) is 0.802. The second kappa shape index (κ2) is 6.57. The van der Waals surface area contributed by atoms with Crippen molar-refractivity contribution in [3.05, 3.63) is 58.6 Å². The van der Waals surface area contributed by atoms with Crippen LogP contribution in [-0.2, 0) is 16.1 Å². The van der Waals surface area contributed by atoms with Crippen molar-refractivity contribution in [3.8, 4) is 0 Å². The summed E-state index contributed by atoms with van der Waals surface area (Å²) in [4.78, 5) is 31.8. The smallest absolute Gasteiger partial charge is 0.316 e. The van der Waals surface area contributed by atoms with Crippen molar-refractivity contribution in [2.75, 3.05) is 18.0 Å². The minimum Gasteiger partial charge on any atom is -0.328 e. The van der Waals surface area contributed by atoms with Gasteiger partial charge in [-0.25, -0.2) is 4.39 Å². The van der Waals surface area contributed by atoms with Crippen LogP contribution in [0.25, 0.3) is 0 Å². The van der Waals surface area contributed by atoms with Crippen LogP contribution in [0, 0.1) is 12.7 Å². The van der Waals surface area contributed by atoms with Crippen molar-refractivity contribution < 1.29 is 14.0 Å². The van der Waals surface area contributed by atoms with Gasteiger partial charge in [-0.15, -0.1) is 0 Å². The number of pyridine rings is 1. The first-order valence-corrected chi connectivity index (χ1v) is 7.81. The molecule has 1 aliphatic rings. The topological polar surface area (TPSA) is 53.5 Å². The van der Waals surface area contributed by atoms with E-state index < -0.39 is 17.6 Å². The summed E-state index contributed by atoms with van der Waals surface area (Å²) in [5.41, 5.74) is 1.93. The van der Waals surface area contributed by atoms with Crippen LogP contribution in [-0.4, -0.2) is 34.8 Å². The molecule has 1 saturated heterocycles. The summed E-state index contributed by atoms with van der Waals surface area (Å²) in [5.74, 6) is -1.65. The van der Waals surface area contributed by atoms with Gasteiger partial charge in [0.25, 0.3) is 0 Å². The lowest BCUT2D eigenvalue weighted by molar-refractivity contribution is -0.146. The number of aromatic nitrogens is 1. The van der Waals surface area contributed by atoms with Gasteiger partial charge in [0.05, 0.1) is 11.4 Å². The average Bonchev–Trinajstić information content (AvgIpc) is 2.55. The molecule has 2 aromatic rings. The fourth-order valence-corrected chi connectivity index (χ4v) is 2.90. The Kier molecular flexibility index (Phi) is 4.49. The second-order valence-electron chi connectivity index (χ2n) is 5.53. The van der Waals surface area contributed by atoms with Crippen molar-refractivity contribution in [2.45, 2.75) is 13.5 Å². The van der Waals surface area contributed by atoms with Gasteiger partial charge in [0.15, 0.2) is 0 Å². The van der Waals surface area contributed by atoms with Crippen molar-refractivity contribution in [1.82, 2.24) is 9.88 Å². The molecule has 2 heterocycles. The Labute approximate surface area is 143 Å². The number of carbonyl (C=O) groups is 2. The second-order valence-corrected chi connectivity index (χ2v) is 5.93. The molecule has 0 saturated carbocycles. The zero-order valence-electron chi connectivity index (χ0n) is 13.0. The van der Waals surface area contributed by atoms with Crippen LogP contribution >= 0.6 is 11.6 Å². The SMILES string of the molecule is Cc1ncccc1N1CCN(Cc2ccc(F)cc2Cl)C(=O)C1=O. The summed E-state index contributed by atoms with van der Waals surface area (Å²) in [5, 5.41) is 0.237. The highest BCUT2D eigenvalue weighted by Crippen LogP contribution is 2.23. The van der Waals surface area contributed by atoms with Gasteiger partial charge in [-0.3, -0.25) is 14.6 Å². The third-order valence-electron chi connectivity index (χ3n) is 3.95. The van der Waals surface area contributed by atoms with E-state index in [9.17, 15) is 14.0 Å². The Bertz CT molecular complexity index is 812. The highest BCUT2D eigenvalue weighted by atomic mass is 35.5. The minimum absolute atomic E-state index is 0.170. The molecule has 0 spiro atoms. The number of halogens is 2. The number of hydrogen-bond acceptors (Lipinski definition) is 3. The number of amides is 2. The molecule has 24 heavy (non-hydrogen) atoms. The normalized spacial score (nSPS) is 15.1. The molecule has 1 aromatic heterocycles. The molecule has 1 aliphatic heterocycles. The number of nitrogens with zero attached hydrogens (tertiary/aromatic N) is 3. The van der Waals surface area contributed by atoms with Crippen molar-refractivity contribution >= 4 is 29.1 Å². The van der Waals surface area contributed by atoms with Crippen LogP contribution in [0.2, 0.25) is 5.02 Å². The van der Waals surface area contributed by atoms with Crippen LogP contribution in [0.4, 0.5) is 10.1 Å². The molecule has 0 radical (unpaired) electrons. The van der Waals surface area contributed by atoms with E-state index in [-0.39, 0.29) is 11.6 Å². The molecule has 0 unspecified atom stereocenters. The molecule has 0 aliphatic carbocycles. The van der Waals surface area contributed by atoms with E-state index >= 15 is 0 Å². The number of rotatable bonds is 3. The fraction of sp³-hybridized carbons (Fsp3) is 0.235. The van der Waals surface area contributed by atoms with Gasteiger partial charge in [-0.2, -0.15) is 0 Å². The van der Waals surface area contributed by atoms with E-state index in [1.807, 2.05) is 0 Å². The molecular weight excluding hydrogens is 333 g/mol. The Hall–Kier alpha value is -2.47. The van der Waals surface area contributed by atoms with Crippen LogP contribution in [0.5, 0.6) is 0 Å². The fourth-order valence-electron chi connectivity index (χ4n) is 2.67. The van der Waals surface area contributed by atoms with Crippen LogP contribution < -0.4 is 4.90 Å². The minimum atomic E-state index is -0.607. The van der Waals surface area contributed by atoms with Crippen LogP contribution in [0.15, 0.2) is 36.5 Å². The zero-order valence-corrected chi connectivity index (χ0v) is 13.8. The molecule has 0 bridgehead atoms. The predicted molar refractivity (Wildman–Crippen MR) is 88.2 cm³/mol. The number of anilines is 1. The molecule has 1 aromatic carbocycles. The van der Waals surface area contributed by atoms with E-state index in [0.717, 1.165) is 0 Å². The van der Waals surface area contributed by atoms with Gasteiger partial charge < -0.3 is 9.80 Å². The highest BCUT2D eigenvalue weighted by molar-refractivity contribution is 6.41. The maximum absolute atomic E-state index is 13.1. The Morgan fingerprint density at radius 1 is 1.21 bits per heavy atom. The highest BCUT2D eigenvalue weighted by Gasteiger charge is 2.34. The molecule has 2 amide bonds. The summed E-state index contributed by atoms with van der Waals surface area (Å²) in [6.45, 7) is 2.70. The van der Waals surface area contributed by atoms with E-state index in [2.05, 4.69) is 4.98 Å². The lowest BCUT2D eigenvalue weighted by atomic mass is 10.1. The lowest BCUT2D eigenvalue weighted by Gasteiger charge is -2.34. The summed E-state index contributed by atoms with van der Waals surface area (Å²) in [6, 6.07) is 7.49. The van der Waals surface area contributed by atoms with Crippen LogP contribution in [0.3, 0.4) is 0 Å². The van der Waals surface area contributed by atoms with Crippen LogP contribution in [0.1, 0.15) is 11.3 Å². The van der Waals surface area contributed by atoms with E-state index in [0.29, 0.717) is 30.0 Å².